The van der Waals surface area contributed by atoms with Crippen molar-refractivity contribution >= 4 is 16.9 Å². The van der Waals surface area contributed by atoms with Crippen LogP contribution in [0.4, 0.5) is 0 Å². The highest BCUT2D eigenvalue weighted by Gasteiger charge is 2.20. The molecule has 0 amide bonds. The van der Waals surface area contributed by atoms with Crippen molar-refractivity contribution in [2.75, 3.05) is 7.11 Å². The van der Waals surface area contributed by atoms with Crippen LogP contribution >= 0.6 is 0 Å². The van der Waals surface area contributed by atoms with E-state index in [1.54, 1.807) is 24.3 Å². The quantitative estimate of drug-likeness (QED) is 0.791. The van der Waals surface area contributed by atoms with E-state index in [9.17, 15) is 4.79 Å². The van der Waals surface area contributed by atoms with Gasteiger partial charge in [0.25, 0.3) is 5.95 Å². The van der Waals surface area contributed by atoms with Crippen molar-refractivity contribution in [2.24, 2.45) is 0 Å². The van der Waals surface area contributed by atoms with Crippen molar-refractivity contribution < 1.29 is 19.1 Å². The second-order valence-corrected chi connectivity index (χ2v) is 2.77. The predicted octanol–water partition coefficient (Wildman–Crippen LogP) is 2.14. The largest absolute Gasteiger partial charge is 0.477 e. The number of ether oxygens (including phenoxy) is 1. The van der Waals surface area contributed by atoms with E-state index in [4.69, 9.17) is 14.3 Å². The van der Waals surface area contributed by atoms with Crippen LogP contribution in [0.15, 0.2) is 28.7 Å². The Balaban J connectivity index is 2.81. The Morgan fingerprint density at radius 2 is 2.14 bits per heavy atom. The summed E-state index contributed by atoms with van der Waals surface area (Å²) in [4.78, 5) is 10.9. The average Bonchev–Trinajstić information content (AvgIpc) is 2.55. The summed E-state index contributed by atoms with van der Waals surface area (Å²) < 4.78 is 10.1. The number of carbonyl (C=O) groups is 1. The number of para-hydroxylation sites is 1. The van der Waals surface area contributed by atoms with E-state index in [-0.39, 0.29) is 11.5 Å². The Kier molecular flexibility index (Phi) is 1.89. The van der Waals surface area contributed by atoms with Gasteiger partial charge in [0.1, 0.15) is 5.58 Å². The van der Waals surface area contributed by atoms with E-state index in [2.05, 4.69) is 0 Å². The first kappa shape index (κ1) is 8.62. The molecule has 4 heteroatoms. The summed E-state index contributed by atoms with van der Waals surface area (Å²) >= 11 is 0. The van der Waals surface area contributed by atoms with Crippen LogP contribution in [0.2, 0.25) is 0 Å². The monoisotopic (exact) mass is 192 g/mol. The molecule has 72 valence electrons. The van der Waals surface area contributed by atoms with Gasteiger partial charge in [0, 0.05) is 5.39 Å². The molecule has 0 aliphatic rings. The molecule has 2 aromatic rings. The molecule has 0 bridgehead atoms. The topological polar surface area (TPSA) is 59.7 Å². The number of carboxylic acids is 1. The van der Waals surface area contributed by atoms with Gasteiger partial charge >= 0.3 is 5.97 Å². The van der Waals surface area contributed by atoms with Gasteiger partial charge in [-0.3, -0.25) is 0 Å². The molecule has 0 saturated carbocycles. The zero-order chi connectivity index (χ0) is 10.1. The van der Waals surface area contributed by atoms with Crippen LogP contribution in [0.5, 0.6) is 5.95 Å². The van der Waals surface area contributed by atoms with E-state index >= 15 is 0 Å². The van der Waals surface area contributed by atoms with E-state index in [1.807, 2.05) is 0 Å². The minimum Gasteiger partial charge on any atom is -0.477 e. The maximum absolute atomic E-state index is 10.9. The second-order valence-electron chi connectivity index (χ2n) is 2.77. The average molecular weight is 192 g/mol. The molecular formula is C10H8O4. The van der Waals surface area contributed by atoms with Gasteiger partial charge in [0.2, 0.25) is 0 Å². The Hall–Kier alpha value is -1.97. The molecule has 4 nitrogen and oxygen atoms in total. The molecule has 0 fully saturated rings. The van der Waals surface area contributed by atoms with Crippen LogP contribution in [-0.2, 0) is 0 Å². The van der Waals surface area contributed by atoms with Gasteiger partial charge in [-0.2, -0.15) is 0 Å². The SMILES string of the molecule is COc1oc2ccccc2c1C(=O)O. The molecule has 1 aromatic heterocycles. The summed E-state index contributed by atoms with van der Waals surface area (Å²) in [5, 5.41) is 9.50. The van der Waals surface area contributed by atoms with Crippen LogP contribution in [0.1, 0.15) is 10.4 Å². The second kappa shape index (κ2) is 3.06. The molecule has 2 rings (SSSR count). The highest BCUT2D eigenvalue weighted by Crippen LogP contribution is 2.31. The van der Waals surface area contributed by atoms with Gasteiger partial charge in [-0.05, 0) is 6.07 Å². The number of hydrogen-bond acceptors (Lipinski definition) is 3. The van der Waals surface area contributed by atoms with Gasteiger partial charge in [-0.25, -0.2) is 4.79 Å². The summed E-state index contributed by atoms with van der Waals surface area (Å²) in [6.45, 7) is 0. The third kappa shape index (κ3) is 1.12. The number of rotatable bonds is 2. The molecule has 0 saturated heterocycles. The summed E-state index contributed by atoms with van der Waals surface area (Å²) in [6.07, 6.45) is 0. The van der Waals surface area contributed by atoms with Crippen molar-refractivity contribution in [1.29, 1.82) is 0 Å². The first-order valence-corrected chi connectivity index (χ1v) is 4.03. The first-order chi connectivity index (χ1) is 6.74. The lowest BCUT2D eigenvalue weighted by molar-refractivity contribution is 0.0692. The molecule has 1 heterocycles. The number of hydrogen-bond donors (Lipinski definition) is 1. The zero-order valence-electron chi connectivity index (χ0n) is 7.48. The number of methoxy groups -OCH3 is 1. The molecule has 0 atom stereocenters. The lowest BCUT2D eigenvalue weighted by Crippen LogP contribution is -1.97. The van der Waals surface area contributed by atoms with Crippen molar-refractivity contribution in [3.8, 4) is 5.95 Å². The maximum atomic E-state index is 10.9. The number of aromatic carboxylic acids is 1. The van der Waals surface area contributed by atoms with Crippen LogP contribution in [-0.4, -0.2) is 18.2 Å². The third-order valence-electron chi connectivity index (χ3n) is 1.96. The van der Waals surface area contributed by atoms with E-state index < -0.39 is 5.97 Å². The number of fused-ring (bicyclic) bond motifs is 1. The molecule has 0 spiro atoms. The molecule has 0 aliphatic heterocycles. The highest BCUT2D eigenvalue weighted by molar-refractivity contribution is 6.04. The van der Waals surface area contributed by atoms with Crippen LogP contribution in [0.3, 0.4) is 0 Å². The van der Waals surface area contributed by atoms with Crippen LogP contribution in [0, 0.1) is 0 Å². The fourth-order valence-corrected chi connectivity index (χ4v) is 1.37. The Morgan fingerprint density at radius 1 is 1.43 bits per heavy atom. The lowest BCUT2D eigenvalue weighted by atomic mass is 10.2. The standard InChI is InChI=1S/C10H8O4/c1-13-10-8(9(11)12)6-4-2-3-5-7(6)14-10/h2-5H,1H3,(H,11,12). The molecule has 0 aliphatic carbocycles. The molecular weight excluding hydrogens is 184 g/mol. The molecule has 14 heavy (non-hydrogen) atoms. The summed E-state index contributed by atoms with van der Waals surface area (Å²) in [5.74, 6) is -1.01. The number of furan rings is 1. The van der Waals surface area contributed by atoms with E-state index in [0.717, 1.165) is 0 Å². The minimum atomic E-state index is -1.05. The molecule has 0 unspecified atom stereocenters. The van der Waals surface area contributed by atoms with Gasteiger partial charge in [-0.15, -0.1) is 0 Å². The lowest BCUT2D eigenvalue weighted by Gasteiger charge is -1.93. The van der Waals surface area contributed by atoms with Crippen molar-refractivity contribution in [3.05, 3.63) is 29.8 Å². The fourth-order valence-electron chi connectivity index (χ4n) is 1.37. The summed E-state index contributed by atoms with van der Waals surface area (Å²) in [7, 11) is 1.38. The fraction of sp³-hybridized carbons (Fsp3) is 0.100. The minimum absolute atomic E-state index is 0.0405. The Morgan fingerprint density at radius 3 is 2.79 bits per heavy atom. The smallest absolute Gasteiger partial charge is 0.343 e. The predicted molar refractivity (Wildman–Crippen MR) is 49.7 cm³/mol. The summed E-state index contributed by atoms with van der Waals surface area (Å²) in [5.41, 5.74) is 0.588. The van der Waals surface area contributed by atoms with Gasteiger partial charge in [0.05, 0.1) is 7.11 Å². The van der Waals surface area contributed by atoms with E-state index in [1.165, 1.54) is 7.11 Å². The first-order valence-electron chi connectivity index (χ1n) is 4.03. The Labute approximate surface area is 79.7 Å². The van der Waals surface area contributed by atoms with Crippen molar-refractivity contribution in [2.45, 2.75) is 0 Å². The van der Waals surface area contributed by atoms with Crippen molar-refractivity contribution in [3.63, 3.8) is 0 Å². The third-order valence-corrected chi connectivity index (χ3v) is 1.96. The molecule has 0 radical (unpaired) electrons. The molecule has 1 N–H and O–H groups in total. The zero-order valence-corrected chi connectivity index (χ0v) is 7.48. The van der Waals surface area contributed by atoms with Crippen LogP contribution in [0.25, 0.3) is 11.0 Å². The maximum Gasteiger partial charge on any atom is 0.343 e. The number of carboxylic acid groups (broad SMARTS) is 1. The van der Waals surface area contributed by atoms with Gasteiger partial charge in [0.15, 0.2) is 5.56 Å². The van der Waals surface area contributed by atoms with Crippen molar-refractivity contribution in [1.82, 2.24) is 0 Å². The van der Waals surface area contributed by atoms with Crippen LogP contribution < -0.4 is 4.74 Å². The number of benzene rings is 1. The molecule has 1 aromatic carbocycles. The highest BCUT2D eigenvalue weighted by atomic mass is 16.6. The van der Waals surface area contributed by atoms with Gasteiger partial charge < -0.3 is 14.3 Å². The van der Waals surface area contributed by atoms with E-state index in [0.29, 0.717) is 11.0 Å². The Bertz CT molecular complexity index is 484. The van der Waals surface area contributed by atoms with Gasteiger partial charge in [-0.1, -0.05) is 18.2 Å². The summed E-state index contributed by atoms with van der Waals surface area (Å²) in [6, 6.07) is 6.91. The normalized spacial score (nSPS) is 10.4.